The average Bonchev–Trinajstić information content (AvgIpc) is 3.20. The second kappa shape index (κ2) is 9.91. The first kappa shape index (κ1) is 23.4. The van der Waals surface area contributed by atoms with Crippen molar-refractivity contribution in [1.29, 1.82) is 0 Å². The zero-order valence-corrected chi connectivity index (χ0v) is 18.9. The van der Waals surface area contributed by atoms with E-state index >= 15 is 0 Å². The first-order valence-corrected chi connectivity index (χ1v) is 10.7. The third kappa shape index (κ3) is 4.50. The van der Waals surface area contributed by atoms with Crippen LogP contribution >= 0.6 is 0 Å². The van der Waals surface area contributed by atoms with Crippen LogP contribution in [0.3, 0.4) is 0 Å². The Bertz CT molecular complexity index is 1070. The van der Waals surface area contributed by atoms with Crippen molar-refractivity contribution < 1.29 is 28.7 Å². The van der Waals surface area contributed by atoms with E-state index in [-0.39, 0.29) is 29.0 Å². The van der Waals surface area contributed by atoms with E-state index in [1.54, 1.807) is 13.2 Å². The molecule has 0 bridgehead atoms. The molecule has 1 aromatic carbocycles. The number of carbonyl (C=O) groups excluding carboxylic acids is 4. The summed E-state index contributed by atoms with van der Waals surface area (Å²) in [6, 6.07) is 6.04. The molecule has 0 unspecified atom stereocenters. The van der Waals surface area contributed by atoms with Crippen molar-refractivity contribution in [2.75, 3.05) is 26.9 Å². The van der Waals surface area contributed by atoms with E-state index in [1.807, 2.05) is 13.8 Å². The maximum absolute atomic E-state index is 12.6. The summed E-state index contributed by atoms with van der Waals surface area (Å²) in [5.41, 5.74) is 2.90. The highest BCUT2D eigenvalue weighted by Gasteiger charge is 2.35. The molecule has 32 heavy (non-hydrogen) atoms. The number of aromatic nitrogens is 1. The van der Waals surface area contributed by atoms with Crippen LogP contribution in [0.4, 0.5) is 0 Å². The molecule has 0 atom stereocenters. The number of fused-ring (bicyclic) bond motifs is 1. The molecule has 0 spiro atoms. The minimum Gasteiger partial charge on any atom is -0.454 e. The molecule has 3 rings (SSSR count). The predicted molar refractivity (Wildman–Crippen MR) is 117 cm³/mol. The number of aryl methyl sites for hydroxylation is 1. The maximum atomic E-state index is 12.6. The van der Waals surface area contributed by atoms with Crippen LogP contribution in [-0.2, 0) is 16.0 Å². The normalized spacial score (nSPS) is 12.9. The van der Waals surface area contributed by atoms with Crippen molar-refractivity contribution in [3.05, 3.63) is 57.9 Å². The number of hydrogen-bond donors (Lipinski definition) is 0. The van der Waals surface area contributed by atoms with E-state index in [1.165, 1.54) is 18.2 Å². The van der Waals surface area contributed by atoms with E-state index < -0.39 is 24.4 Å². The molecule has 2 amide bonds. The fourth-order valence-electron chi connectivity index (χ4n) is 3.93. The van der Waals surface area contributed by atoms with Gasteiger partial charge in [-0.25, -0.2) is 4.79 Å². The Morgan fingerprint density at radius 1 is 1.00 bits per heavy atom. The number of imide groups is 1. The second-order valence-corrected chi connectivity index (χ2v) is 7.80. The first-order valence-electron chi connectivity index (χ1n) is 10.7. The molecule has 8 nitrogen and oxygen atoms in total. The summed E-state index contributed by atoms with van der Waals surface area (Å²) in [6.45, 7) is 6.96. The lowest BCUT2D eigenvalue weighted by atomic mass is 10.1. The van der Waals surface area contributed by atoms with Crippen molar-refractivity contribution in [2.24, 2.45) is 0 Å². The Morgan fingerprint density at radius 3 is 2.41 bits per heavy atom. The van der Waals surface area contributed by atoms with Crippen molar-refractivity contribution >= 4 is 23.6 Å². The second-order valence-electron chi connectivity index (χ2n) is 7.80. The molecular formula is C24H28N2O6. The zero-order valence-electron chi connectivity index (χ0n) is 18.9. The molecule has 0 saturated carbocycles. The maximum Gasteiger partial charge on any atom is 0.338 e. The monoisotopic (exact) mass is 440 g/mol. The number of rotatable bonds is 10. The fraction of sp³-hybridized carbons (Fsp3) is 0.417. The summed E-state index contributed by atoms with van der Waals surface area (Å²) in [5.74, 6) is -1.85. The van der Waals surface area contributed by atoms with Gasteiger partial charge in [-0.05, 0) is 51.0 Å². The molecule has 1 aliphatic rings. The molecular weight excluding hydrogens is 412 g/mol. The number of ether oxygens (including phenoxy) is 2. The minimum atomic E-state index is -0.721. The van der Waals surface area contributed by atoms with Crippen molar-refractivity contribution in [2.45, 2.75) is 40.2 Å². The number of carbonyl (C=O) groups is 4. The Kier molecular flexibility index (Phi) is 7.25. The van der Waals surface area contributed by atoms with Crippen LogP contribution in [0.5, 0.6) is 0 Å². The van der Waals surface area contributed by atoms with Gasteiger partial charge in [0.05, 0.1) is 16.7 Å². The average molecular weight is 440 g/mol. The van der Waals surface area contributed by atoms with Gasteiger partial charge in [-0.15, -0.1) is 0 Å². The van der Waals surface area contributed by atoms with Gasteiger partial charge in [0.2, 0.25) is 5.78 Å². The van der Waals surface area contributed by atoms with Gasteiger partial charge < -0.3 is 14.0 Å². The summed E-state index contributed by atoms with van der Waals surface area (Å²) < 4.78 is 12.2. The number of amides is 2. The molecule has 1 aliphatic heterocycles. The van der Waals surface area contributed by atoms with E-state index in [4.69, 9.17) is 9.47 Å². The molecule has 0 aliphatic carbocycles. The van der Waals surface area contributed by atoms with Crippen LogP contribution in [-0.4, -0.2) is 59.9 Å². The number of hydrogen-bond acceptors (Lipinski definition) is 6. The van der Waals surface area contributed by atoms with E-state index in [0.29, 0.717) is 18.6 Å². The molecule has 0 saturated heterocycles. The topological polar surface area (TPSA) is 94.9 Å². The molecule has 170 valence electrons. The van der Waals surface area contributed by atoms with Gasteiger partial charge in [0, 0.05) is 43.8 Å². The van der Waals surface area contributed by atoms with Crippen LogP contribution < -0.4 is 0 Å². The van der Waals surface area contributed by atoms with Crippen molar-refractivity contribution in [3.63, 3.8) is 0 Å². The standard InChI is InChI=1S/C24H28N2O6/c1-5-9-25-15(2)12-19(16(25)3)21(27)14-32-24(30)17-7-8-18-20(13-17)23(29)26(22(18)28)10-6-11-31-4/h7-8,12-13H,5-6,9-11,14H2,1-4H3. The lowest BCUT2D eigenvalue weighted by Crippen LogP contribution is -2.31. The highest BCUT2D eigenvalue weighted by molar-refractivity contribution is 6.22. The van der Waals surface area contributed by atoms with E-state index in [0.717, 1.165) is 29.3 Å². The smallest absolute Gasteiger partial charge is 0.338 e. The first-order chi connectivity index (χ1) is 15.3. The number of Topliss-reactive ketones (excluding diaryl/α,β-unsaturated/α-hetero) is 1. The Hall–Kier alpha value is -3.26. The third-order valence-corrected chi connectivity index (χ3v) is 5.59. The van der Waals surface area contributed by atoms with E-state index in [9.17, 15) is 19.2 Å². The van der Waals surface area contributed by atoms with Gasteiger partial charge in [-0.1, -0.05) is 6.92 Å². The molecule has 0 radical (unpaired) electrons. The van der Waals surface area contributed by atoms with Crippen molar-refractivity contribution in [1.82, 2.24) is 9.47 Å². The van der Waals surface area contributed by atoms with Gasteiger partial charge >= 0.3 is 5.97 Å². The number of nitrogens with zero attached hydrogens (tertiary/aromatic N) is 2. The summed E-state index contributed by atoms with van der Waals surface area (Å²) in [5, 5.41) is 0. The summed E-state index contributed by atoms with van der Waals surface area (Å²) in [4.78, 5) is 51.3. The molecule has 8 heteroatoms. The van der Waals surface area contributed by atoms with Gasteiger partial charge in [0.15, 0.2) is 6.61 Å². The van der Waals surface area contributed by atoms with Crippen LogP contribution in [0, 0.1) is 13.8 Å². The molecule has 1 aromatic heterocycles. The lowest BCUT2D eigenvalue weighted by Gasteiger charge is -2.12. The van der Waals surface area contributed by atoms with Crippen LogP contribution in [0.2, 0.25) is 0 Å². The number of methoxy groups -OCH3 is 1. The number of esters is 1. The molecule has 0 fully saturated rings. The van der Waals surface area contributed by atoms with Gasteiger partial charge in [-0.2, -0.15) is 0 Å². The summed E-state index contributed by atoms with van der Waals surface area (Å²) >= 11 is 0. The highest BCUT2D eigenvalue weighted by atomic mass is 16.5. The van der Waals surface area contributed by atoms with Gasteiger partial charge in [0.1, 0.15) is 0 Å². The van der Waals surface area contributed by atoms with Crippen molar-refractivity contribution in [3.8, 4) is 0 Å². The Balaban J connectivity index is 1.68. The minimum absolute atomic E-state index is 0.118. The molecule has 2 heterocycles. The predicted octanol–water partition coefficient (Wildman–Crippen LogP) is 3.19. The van der Waals surface area contributed by atoms with E-state index in [2.05, 4.69) is 11.5 Å². The van der Waals surface area contributed by atoms with Crippen LogP contribution in [0.25, 0.3) is 0 Å². The van der Waals surface area contributed by atoms with Crippen LogP contribution in [0.15, 0.2) is 24.3 Å². The number of ketones is 1. The Labute approximate surface area is 187 Å². The quantitative estimate of drug-likeness (QED) is 0.244. The lowest BCUT2D eigenvalue weighted by molar-refractivity contribution is 0.0474. The van der Waals surface area contributed by atoms with Crippen LogP contribution in [0.1, 0.15) is 72.6 Å². The number of benzene rings is 1. The third-order valence-electron chi connectivity index (χ3n) is 5.59. The summed E-state index contributed by atoms with van der Waals surface area (Å²) in [6.07, 6.45) is 1.47. The molecule has 2 aromatic rings. The fourth-order valence-corrected chi connectivity index (χ4v) is 3.93. The summed E-state index contributed by atoms with van der Waals surface area (Å²) in [7, 11) is 1.55. The van der Waals surface area contributed by atoms with Gasteiger partial charge in [-0.3, -0.25) is 19.3 Å². The Morgan fingerprint density at radius 2 is 1.72 bits per heavy atom. The zero-order chi connectivity index (χ0) is 23.4. The highest BCUT2D eigenvalue weighted by Crippen LogP contribution is 2.25. The SMILES string of the molecule is CCCn1c(C)cc(C(=O)COC(=O)c2ccc3c(c2)C(=O)N(CCCOC)C3=O)c1C. The largest absolute Gasteiger partial charge is 0.454 e. The molecule has 0 N–H and O–H groups in total. The van der Waals surface area contributed by atoms with Gasteiger partial charge in [0.25, 0.3) is 11.8 Å².